The highest BCUT2D eigenvalue weighted by atomic mass is 16.2. The third kappa shape index (κ3) is 4.17. The van der Waals surface area contributed by atoms with E-state index in [0.29, 0.717) is 28.6 Å². The number of benzene rings is 2. The van der Waals surface area contributed by atoms with Crippen LogP contribution in [0, 0.1) is 12.3 Å². The lowest BCUT2D eigenvalue weighted by molar-refractivity contribution is -0.116. The molecule has 0 aliphatic heterocycles. The van der Waals surface area contributed by atoms with E-state index in [0.717, 1.165) is 0 Å². The second-order valence-electron chi connectivity index (χ2n) is 6.45. The van der Waals surface area contributed by atoms with Gasteiger partial charge in [-0.3, -0.25) is 14.4 Å². The van der Waals surface area contributed by atoms with E-state index < -0.39 is 5.91 Å². The zero-order chi connectivity index (χ0) is 21.0. The van der Waals surface area contributed by atoms with Crippen LogP contribution in [0.25, 0.3) is 10.8 Å². The number of nitrogens with one attached hydrogen (secondary N) is 1. The Kier molecular flexibility index (Phi) is 5.74. The van der Waals surface area contributed by atoms with Crippen molar-refractivity contribution in [2.45, 2.75) is 13.5 Å². The van der Waals surface area contributed by atoms with Gasteiger partial charge in [0.2, 0.25) is 5.91 Å². The quantitative estimate of drug-likeness (QED) is 0.679. The molecule has 1 heterocycles. The summed E-state index contributed by atoms with van der Waals surface area (Å²) in [7, 11) is 1.51. The molecule has 3 rings (SSSR count). The minimum absolute atomic E-state index is 0.131. The number of likely N-dealkylation sites (N-methyl/N-ethyl adjacent to an activating group) is 1. The maximum absolute atomic E-state index is 13.0. The van der Waals surface area contributed by atoms with Gasteiger partial charge in [-0.1, -0.05) is 30.2 Å². The lowest BCUT2D eigenvalue weighted by Gasteiger charge is -2.18. The van der Waals surface area contributed by atoms with Crippen LogP contribution in [-0.4, -0.2) is 40.1 Å². The zero-order valence-electron chi connectivity index (χ0n) is 16.2. The molecule has 0 saturated carbocycles. The number of hydrogen-bond donors (Lipinski definition) is 1. The fourth-order valence-electron chi connectivity index (χ4n) is 2.96. The van der Waals surface area contributed by atoms with Crippen molar-refractivity contribution < 1.29 is 9.59 Å². The zero-order valence-corrected chi connectivity index (χ0v) is 16.2. The van der Waals surface area contributed by atoms with Gasteiger partial charge in [0.15, 0.2) is 5.69 Å². The van der Waals surface area contributed by atoms with E-state index in [1.807, 2.05) is 0 Å². The number of aromatic nitrogens is 2. The average molecular weight is 388 g/mol. The molecule has 0 unspecified atom stereocenters. The Hall–Kier alpha value is -3.92. The van der Waals surface area contributed by atoms with Crippen LogP contribution in [0.3, 0.4) is 0 Å². The van der Waals surface area contributed by atoms with Crippen molar-refractivity contribution >= 4 is 28.3 Å². The summed E-state index contributed by atoms with van der Waals surface area (Å²) >= 11 is 0. The van der Waals surface area contributed by atoms with Gasteiger partial charge in [0.05, 0.1) is 11.9 Å². The summed E-state index contributed by atoms with van der Waals surface area (Å²) in [5, 5.41) is 7.80. The number of anilines is 1. The van der Waals surface area contributed by atoms with Gasteiger partial charge in [-0.25, -0.2) is 4.68 Å². The molecule has 0 aliphatic carbocycles. The van der Waals surface area contributed by atoms with Crippen LogP contribution in [0.1, 0.15) is 23.0 Å². The third-order valence-electron chi connectivity index (χ3n) is 4.41. The van der Waals surface area contributed by atoms with Crippen LogP contribution in [0.5, 0.6) is 0 Å². The van der Waals surface area contributed by atoms with Crippen molar-refractivity contribution in [3.05, 3.63) is 70.1 Å². The maximum Gasteiger partial charge on any atom is 0.275 e. The lowest BCUT2D eigenvalue weighted by atomic mass is 10.1. The summed E-state index contributed by atoms with van der Waals surface area (Å²) in [6.45, 7) is 1.93. The monoisotopic (exact) mass is 388 g/mol. The highest BCUT2D eigenvalue weighted by Crippen LogP contribution is 2.15. The van der Waals surface area contributed by atoms with Crippen molar-refractivity contribution in [2.24, 2.45) is 0 Å². The molecule has 3 aromatic rings. The number of carbonyl (C=O) groups is 2. The molecule has 0 bridgehead atoms. The number of rotatable bonds is 5. The van der Waals surface area contributed by atoms with Gasteiger partial charge in [-0.15, -0.1) is 6.42 Å². The van der Waals surface area contributed by atoms with E-state index in [-0.39, 0.29) is 23.7 Å². The van der Waals surface area contributed by atoms with Crippen LogP contribution in [0.2, 0.25) is 0 Å². The smallest absolute Gasteiger partial charge is 0.275 e. The van der Waals surface area contributed by atoms with Gasteiger partial charge >= 0.3 is 0 Å². The van der Waals surface area contributed by atoms with E-state index in [1.165, 1.54) is 16.6 Å². The maximum atomic E-state index is 13.0. The molecule has 29 heavy (non-hydrogen) atoms. The van der Waals surface area contributed by atoms with Gasteiger partial charge in [0.1, 0.15) is 0 Å². The fraction of sp³-hybridized carbons (Fsp3) is 0.182. The molecule has 0 saturated heterocycles. The molecule has 2 aromatic carbocycles. The van der Waals surface area contributed by atoms with E-state index in [1.54, 1.807) is 55.5 Å². The van der Waals surface area contributed by atoms with Gasteiger partial charge in [-0.2, -0.15) is 5.10 Å². The summed E-state index contributed by atoms with van der Waals surface area (Å²) in [5.74, 6) is 1.68. The Bertz CT molecular complexity index is 1190. The average Bonchev–Trinajstić information content (AvgIpc) is 2.73. The van der Waals surface area contributed by atoms with Gasteiger partial charge < -0.3 is 10.2 Å². The number of terminal acetylenes is 1. The number of nitrogens with zero attached hydrogens (tertiary/aromatic N) is 3. The molecule has 146 valence electrons. The van der Waals surface area contributed by atoms with Crippen molar-refractivity contribution in [1.82, 2.24) is 14.7 Å². The van der Waals surface area contributed by atoms with Crippen LogP contribution < -0.4 is 10.9 Å². The van der Waals surface area contributed by atoms with E-state index in [4.69, 9.17) is 6.42 Å². The standard InChI is InChI=1S/C22H20N4O3/c1-4-15-9-8-10-16(13-15)23-19(27)14-25(3)22(29)20-17-11-6-7-12-18(17)21(28)26(5-2)24-20/h1,6-13H,5,14H2,2-3H3,(H,23,27). The first-order valence-electron chi connectivity index (χ1n) is 9.06. The number of aryl methyl sites for hydroxylation is 1. The summed E-state index contributed by atoms with van der Waals surface area (Å²) < 4.78 is 1.24. The molecule has 1 aromatic heterocycles. The first-order valence-corrected chi connectivity index (χ1v) is 9.06. The number of hydrogen-bond acceptors (Lipinski definition) is 4. The van der Waals surface area contributed by atoms with Crippen molar-refractivity contribution in [1.29, 1.82) is 0 Å². The first-order chi connectivity index (χ1) is 13.9. The van der Waals surface area contributed by atoms with Crippen LogP contribution in [0.15, 0.2) is 53.3 Å². The second-order valence-corrected chi connectivity index (χ2v) is 6.45. The molecular formula is C22H20N4O3. The molecule has 0 aliphatic rings. The molecule has 0 spiro atoms. The Labute approximate surface area is 168 Å². The topological polar surface area (TPSA) is 84.3 Å². The van der Waals surface area contributed by atoms with E-state index >= 15 is 0 Å². The predicted octanol–water partition coefficient (Wildman–Crippen LogP) is 2.11. The van der Waals surface area contributed by atoms with Crippen molar-refractivity contribution in [3.63, 3.8) is 0 Å². The summed E-state index contributed by atoms with van der Waals surface area (Å²) in [6, 6.07) is 13.7. The highest BCUT2D eigenvalue weighted by Gasteiger charge is 2.21. The third-order valence-corrected chi connectivity index (χ3v) is 4.41. The SMILES string of the molecule is C#Cc1cccc(NC(=O)CN(C)C(=O)c2nn(CC)c(=O)c3ccccc23)c1. The van der Waals surface area contributed by atoms with E-state index in [2.05, 4.69) is 16.3 Å². The number of fused-ring (bicyclic) bond motifs is 1. The first kappa shape index (κ1) is 19.8. The normalized spacial score (nSPS) is 10.4. The highest BCUT2D eigenvalue weighted by molar-refractivity contribution is 6.06. The fourth-order valence-corrected chi connectivity index (χ4v) is 2.96. The molecule has 7 nitrogen and oxygen atoms in total. The Morgan fingerprint density at radius 3 is 2.59 bits per heavy atom. The van der Waals surface area contributed by atoms with Crippen LogP contribution in [-0.2, 0) is 11.3 Å². The lowest BCUT2D eigenvalue weighted by Crippen LogP contribution is -2.37. The minimum Gasteiger partial charge on any atom is -0.331 e. The Morgan fingerprint density at radius 2 is 1.90 bits per heavy atom. The van der Waals surface area contributed by atoms with Crippen LogP contribution in [0.4, 0.5) is 5.69 Å². The van der Waals surface area contributed by atoms with Crippen LogP contribution >= 0.6 is 0 Å². The second kappa shape index (κ2) is 8.40. The van der Waals surface area contributed by atoms with E-state index in [9.17, 15) is 14.4 Å². The van der Waals surface area contributed by atoms with Crippen molar-refractivity contribution in [3.8, 4) is 12.3 Å². The van der Waals surface area contributed by atoms with Gasteiger partial charge in [0.25, 0.3) is 11.5 Å². The Morgan fingerprint density at radius 1 is 1.17 bits per heavy atom. The number of carbonyl (C=O) groups excluding carboxylic acids is 2. The summed E-state index contributed by atoms with van der Waals surface area (Å²) in [5.41, 5.74) is 1.07. The largest absolute Gasteiger partial charge is 0.331 e. The molecule has 0 atom stereocenters. The van der Waals surface area contributed by atoms with Gasteiger partial charge in [-0.05, 0) is 31.2 Å². The van der Waals surface area contributed by atoms with Gasteiger partial charge in [0, 0.05) is 30.2 Å². The molecular weight excluding hydrogens is 368 g/mol. The molecule has 1 N–H and O–H groups in total. The summed E-state index contributed by atoms with van der Waals surface area (Å²) in [6.07, 6.45) is 5.37. The number of amides is 2. The molecule has 0 fully saturated rings. The minimum atomic E-state index is -0.448. The molecule has 7 heteroatoms. The molecule has 2 amide bonds. The van der Waals surface area contributed by atoms with Crippen molar-refractivity contribution in [2.75, 3.05) is 18.9 Å². The summed E-state index contributed by atoms with van der Waals surface area (Å²) in [4.78, 5) is 39.0. The molecule has 0 radical (unpaired) electrons. The Balaban J connectivity index is 1.83. The predicted molar refractivity (Wildman–Crippen MR) is 112 cm³/mol.